The van der Waals surface area contributed by atoms with Crippen LogP contribution >= 0.6 is 0 Å². The van der Waals surface area contributed by atoms with Crippen molar-refractivity contribution >= 4 is 10.8 Å². The van der Waals surface area contributed by atoms with Crippen molar-refractivity contribution in [2.75, 3.05) is 0 Å². The molecule has 2 saturated carbocycles. The molecule has 0 radical (unpaired) electrons. The van der Waals surface area contributed by atoms with Gasteiger partial charge in [0.15, 0.2) is 0 Å². The number of rotatable bonds is 2. The van der Waals surface area contributed by atoms with Gasteiger partial charge in [0, 0.05) is 0 Å². The maximum Gasteiger partial charge on any atom is -0.0122 e. The summed E-state index contributed by atoms with van der Waals surface area (Å²) in [4.78, 5) is 0. The van der Waals surface area contributed by atoms with Gasteiger partial charge in [-0.2, -0.15) is 0 Å². The van der Waals surface area contributed by atoms with Crippen LogP contribution in [0, 0.1) is 23.7 Å². The largest absolute Gasteiger partial charge is 0.0651 e. The number of benzene rings is 2. The molecule has 4 rings (SSSR count). The summed E-state index contributed by atoms with van der Waals surface area (Å²) < 4.78 is 0. The molecule has 0 nitrogen and oxygen atoms in total. The van der Waals surface area contributed by atoms with Gasteiger partial charge in [0.05, 0.1) is 0 Å². The molecule has 5 atom stereocenters. The summed E-state index contributed by atoms with van der Waals surface area (Å²) in [6.45, 7) is 4.87. The molecule has 0 aliphatic heterocycles. The summed E-state index contributed by atoms with van der Waals surface area (Å²) >= 11 is 0. The second-order valence-corrected chi connectivity index (χ2v) is 7.92. The fourth-order valence-electron chi connectivity index (χ4n) is 5.53. The van der Waals surface area contributed by atoms with Crippen LogP contribution in [0.4, 0.5) is 0 Å². The van der Waals surface area contributed by atoms with Gasteiger partial charge in [-0.15, -0.1) is 0 Å². The van der Waals surface area contributed by atoms with Gasteiger partial charge in [0.2, 0.25) is 0 Å². The zero-order valence-electron chi connectivity index (χ0n) is 14.0. The highest BCUT2D eigenvalue weighted by molar-refractivity contribution is 5.86. The van der Waals surface area contributed by atoms with Gasteiger partial charge in [-0.25, -0.2) is 0 Å². The van der Waals surface area contributed by atoms with Crippen LogP contribution in [-0.2, 0) is 0 Å². The average Bonchev–Trinajstić information content (AvgIpc) is 2.96. The molecular weight excluding hydrogens is 264 g/mol. The molecule has 0 amide bonds. The third kappa shape index (κ3) is 2.37. The van der Waals surface area contributed by atoms with Crippen molar-refractivity contribution in [2.24, 2.45) is 23.7 Å². The Morgan fingerprint density at radius 3 is 2.59 bits per heavy atom. The van der Waals surface area contributed by atoms with Crippen LogP contribution in [0.1, 0.15) is 57.4 Å². The van der Waals surface area contributed by atoms with Crippen molar-refractivity contribution in [3.05, 3.63) is 48.0 Å². The minimum Gasteiger partial charge on any atom is -0.0651 e. The first-order valence-electron chi connectivity index (χ1n) is 9.24. The van der Waals surface area contributed by atoms with E-state index in [9.17, 15) is 0 Å². The van der Waals surface area contributed by atoms with E-state index in [0.29, 0.717) is 0 Å². The first-order valence-corrected chi connectivity index (χ1v) is 9.24. The Hall–Kier alpha value is -1.30. The quantitative estimate of drug-likeness (QED) is 0.600. The maximum atomic E-state index is 2.48. The highest BCUT2D eigenvalue weighted by Crippen LogP contribution is 2.54. The first-order chi connectivity index (χ1) is 10.8. The topological polar surface area (TPSA) is 0 Å². The molecule has 0 saturated heterocycles. The Morgan fingerprint density at radius 2 is 1.73 bits per heavy atom. The molecule has 0 spiro atoms. The van der Waals surface area contributed by atoms with Crippen molar-refractivity contribution in [1.29, 1.82) is 0 Å². The van der Waals surface area contributed by atoms with Crippen LogP contribution in [0.25, 0.3) is 10.8 Å². The van der Waals surface area contributed by atoms with Gasteiger partial charge >= 0.3 is 0 Å². The molecule has 0 aromatic heterocycles. The molecule has 22 heavy (non-hydrogen) atoms. The lowest BCUT2D eigenvalue weighted by atomic mass is 9.67. The summed E-state index contributed by atoms with van der Waals surface area (Å²) in [5.74, 6) is 4.58. The van der Waals surface area contributed by atoms with Crippen LogP contribution in [0.2, 0.25) is 0 Å². The van der Waals surface area contributed by atoms with Crippen LogP contribution in [0.5, 0.6) is 0 Å². The lowest BCUT2D eigenvalue weighted by molar-refractivity contribution is 0.187. The average molecular weight is 292 g/mol. The van der Waals surface area contributed by atoms with Gasteiger partial charge in [0.25, 0.3) is 0 Å². The van der Waals surface area contributed by atoms with Crippen LogP contribution in [0.15, 0.2) is 42.5 Å². The molecule has 2 aromatic rings. The van der Waals surface area contributed by atoms with E-state index in [1.807, 2.05) is 0 Å². The molecule has 5 unspecified atom stereocenters. The van der Waals surface area contributed by atoms with Gasteiger partial charge in [-0.05, 0) is 71.6 Å². The fourth-order valence-corrected chi connectivity index (χ4v) is 5.53. The first kappa shape index (κ1) is 14.3. The zero-order chi connectivity index (χ0) is 15.1. The van der Waals surface area contributed by atoms with Gasteiger partial charge in [0.1, 0.15) is 0 Å². The molecule has 2 aliphatic carbocycles. The third-order valence-electron chi connectivity index (χ3n) is 6.53. The van der Waals surface area contributed by atoms with E-state index in [-0.39, 0.29) is 0 Å². The predicted octanol–water partition coefficient (Wildman–Crippen LogP) is 6.41. The Labute approximate surface area is 134 Å². The van der Waals surface area contributed by atoms with Crippen molar-refractivity contribution in [2.45, 2.75) is 51.9 Å². The van der Waals surface area contributed by atoms with E-state index < -0.39 is 0 Å². The van der Waals surface area contributed by atoms with Crippen molar-refractivity contribution in [3.63, 3.8) is 0 Å². The van der Waals surface area contributed by atoms with Gasteiger partial charge in [-0.3, -0.25) is 0 Å². The highest BCUT2D eigenvalue weighted by Gasteiger charge is 2.43. The zero-order valence-corrected chi connectivity index (χ0v) is 14.0. The number of hydrogen-bond donors (Lipinski definition) is 0. The van der Waals surface area contributed by atoms with E-state index in [1.165, 1.54) is 42.9 Å². The second-order valence-electron chi connectivity index (χ2n) is 7.92. The Kier molecular flexibility index (Phi) is 3.72. The lowest BCUT2D eigenvalue weighted by Gasteiger charge is -2.38. The minimum atomic E-state index is 0.788. The standard InChI is InChI=1S/C22H28/c1-3-16-13-18-11-15(2)12-22(21(18)14-16)20-10-6-8-17-7-4-5-9-19(17)20/h4-10,15-16,18,21-22H,3,11-14H2,1-2H3. The molecule has 2 aromatic carbocycles. The van der Waals surface area contributed by atoms with Crippen molar-refractivity contribution in [3.8, 4) is 0 Å². The fraction of sp³-hybridized carbons (Fsp3) is 0.545. The summed E-state index contributed by atoms with van der Waals surface area (Å²) in [5, 5.41) is 2.92. The summed E-state index contributed by atoms with van der Waals surface area (Å²) in [7, 11) is 0. The van der Waals surface area contributed by atoms with Gasteiger partial charge < -0.3 is 0 Å². The van der Waals surface area contributed by atoms with E-state index in [4.69, 9.17) is 0 Å². The molecule has 2 aliphatic rings. The van der Waals surface area contributed by atoms with E-state index in [2.05, 4.69) is 56.3 Å². The van der Waals surface area contributed by atoms with Gasteiger partial charge in [-0.1, -0.05) is 62.7 Å². The maximum absolute atomic E-state index is 2.48. The highest BCUT2D eigenvalue weighted by atomic mass is 14.5. The minimum absolute atomic E-state index is 0.788. The Balaban J connectivity index is 1.76. The second kappa shape index (κ2) is 5.72. The van der Waals surface area contributed by atoms with Crippen molar-refractivity contribution < 1.29 is 0 Å². The summed E-state index contributed by atoms with van der Waals surface area (Å²) in [6, 6.07) is 15.9. The molecule has 0 N–H and O–H groups in total. The lowest BCUT2D eigenvalue weighted by Crippen LogP contribution is -2.27. The van der Waals surface area contributed by atoms with Crippen LogP contribution < -0.4 is 0 Å². The van der Waals surface area contributed by atoms with E-state index >= 15 is 0 Å². The normalized spacial score (nSPS) is 34.7. The molecule has 2 fully saturated rings. The predicted molar refractivity (Wildman–Crippen MR) is 95.1 cm³/mol. The Bertz CT molecular complexity index is 651. The Morgan fingerprint density at radius 1 is 0.909 bits per heavy atom. The SMILES string of the molecule is CCC1CC2CC(C)CC(c3cccc4ccccc34)C2C1. The molecule has 0 heteroatoms. The number of hydrogen-bond acceptors (Lipinski definition) is 0. The molecule has 116 valence electrons. The smallest absolute Gasteiger partial charge is 0.0122 e. The monoisotopic (exact) mass is 292 g/mol. The van der Waals surface area contributed by atoms with Crippen LogP contribution in [0.3, 0.4) is 0 Å². The molecule has 0 heterocycles. The number of fused-ring (bicyclic) bond motifs is 2. The van der Waals surface area contributed by atoms with E-state index in [1.54, 1.807) is 5.56 Å². The molecular formula is C22H28. The molecule has 0 bridgehead atoms. The van der Waals surface area contributed by atoms with E-state index in [0.717, 1.165) is 29.6 Å². The van der Waals surface area contributed by atoms with Crippen molar-refractivity contribution in [1.82, 2.24) is 0 Å². The van der Waals surface area contributed by atoms with Crippen LogP contribution in [-0.4, -0.2) is 0 Å². The summed E-state index contributed by atoms with van der Waals surface area (Å²) in [5.41, 5.74) is 1.64. The summed E-state index contributed by atoms with van der Waals surface area (Å²) in [6.07, 6.45) is 7.21. The third-order valence-corrected chi connectivity index (χ3v) is 6.53.